The molecule has 2 aliphatic heterocycles. The fraction of sp³-hybridized carbons (Fsp3) is 0.500. The highest BCUT2D eigenvalue weighted by atomic mass is 32.2. The van der Waals surface area contributed by atoms with Gasteiger partial charge in [-0.05, 0) is 63.3 Å². The second-order valence-electron chi connectivity index (χ2n) is 9.49. The van der Waals surface area contributed by atoms with Gasteiger partial charge in [0, 0.05) is 19.0 Å². The Labute approximate surface area is 198 Å². The number of sulfonamides is 1. The van der Waals surface area contributed by atoms with Gasteiger partial charge in [0.15, 0.2) is 21.4 Å². The van der Waals surface area contributed by atoms with Gasteiger partial charge in [0.25, 0.3) is 0 Å². The first kappa shape index (κ1) is 23.7. The van der Waals surface area contributed by atoms with E-state index in [-0.39, 0.29) is 36.3 Å². The van der Waals surface area contributed by atoms with Gasteiger partial charge in [0.1, 0.15) is 10.6 Å². The van der Waals surface area contributed by atoms with Crippen LogP contribution < -0.4 is 4.74 Å². The third-order valence-electron chi connectivity index (χ3n) is 7.61. The topological polar surface area (TPSA) is 80.8 Å². The highest BCUT2D eigenvalue weighted by Gasteiger charge is 2.61. The third kappa shape index (κ3) is 3.40. The lowest BCUT2D eigenvalue weighted by molar-refractivity contribution is 0.125. The molecule has 184 valence electrons. The Morgan fingerprint density at radius 2 is 1.62 bits per heavy atom. The van der Waals surface area contributed by atoms with E-state index in [9.17, 15) is 21.2 Å². The number of sulfone groups is 1. The van der Waals surface area contributed by atoms with Gasteiger partial charge in [0.05, 0.1) is 22.3 Å². The van der Waals surface area contributed by atoms with Crippen LogP contribution in [0.5, 0.6) is 5.75 Å². The molecule has 0 bridgehead atoms. The van der Waals surface area contributed by atoms with Crippen LogP contribution in [0.2, 0.25) is 0 Å². The van der Waals surface area contributed by atoms with Crippen LogP contribution in [0, 0.1) is 24.5 Å². The van der Waals surface area contributed by atoms with Crippen LogP contribution in [0.4, 0.5) is 8.78 Å². The summed E-state index contributed by atoms with van der Waals surface area (Å²) < 4.78 is 90.2. The number of fused-ring (bicyclic) bond motifs is 3. The predicted octanol–water partition coefficient (Wildman–Crippen LogP) is 3.93. The molecular weight excluding hydrogens is 484 g/mol. The lowest BCUT2D eigenvalue weighted by Crippen LogP contribution is -2.55. The maximum absolute atomic E-state index is 15.3. The van der Waals surface area contributed by atoms with E-state index in [1.807, 2.05) is 6.92 Å². The zero-order chi connectivity index (χ0) is 24.3. The van der Waals surface area contributed by atoms with Crippen LogP contribution in [-0.2, 0) is 24.6 Å². The van der Waals surface area contributed by atoms with Gasteiger partial charge in [-0.3, -0.25) is 0 Å². The molecule has 10 heteroatoms. The van der Waals surface area contributed by atoms with Crippen molar-refractivity contribution >= 4 is 19.9 Å². The Morgan fingerprint density at radius 1 is 0.971 bits per heavy atom. The van der Waals surface area contributed by atoms with Crippen LogP contribution in [-0.4, -0.2) is 46.1 Å². The number of ether oxygens (including phenoxy) is 1. The van der Waals surface area contributed by atoms with Gasteiger partial charge in [0.2, 0.25) is 10.0 Å². The molecule has 2 aromatic rings. The van der Waals surface area contributed by atoms with Gasteiger partial charge in [-0.2, -0.15) is 0 Å². The van der Waals surface area contributed by atoms with Crippen LogP contribution >= 0.6 is 0 Å². The smallest absolute Gasteiger partial charge is 0.216 e. The predicted molar refractivity (Wildman–Crippen MR) is 123 cm³/mol. The van der Waals surface area contributed by atoms with Gasteiger partial charge >= 0.3 is 0 Å². The van der Waals surface area contributed by atoms with Gasteiger partial charge < -0.3 is 4.74 Å². The monoisotopic (exact) mass is 511 g/mol. The highest BCUT2D eigenvalue weighted by molar-refractivity contribution is 7.92. The molecule has 5 rings (SSSR count). The molecular formula is C24H27F2NO5S2. The number of benzene rings is 2. The number of halogens is 2. The van der Waals surface area contributed by atoms with E-state index in [0.29, 0.717) is 13.1 Å². The summed E-state index contributed by atoms with van der Waals surface area (Å²) in [5.41, 5.74) is 0.541. The van der Waals surface area contributed by atoms with Gasteiger partial charge in [-0.15, -0.1) is 0 Å². The molecule has 3 atom stereocenters. The molecule has 0 spiro atoms. The van der Waals surface area contributed by atoms with E-state index >= 15 is 4.39 Å². The van der Waals surface area contributed by atoms with Crippen molar-refractivity contribution in [3.63, 3.8) is 0 Å². The van der Waals surface area contributed by atoms with Crippen molar-refractivity contribution in [2.75, 3.05) is 19.7 Å². The SMILES string of the molecule is Cc1ccc(S(=O)(=O)[C@@]23CC[C@H](S(=O)(=O)N4CCCC4)C[C@@H]2COc2c(F)ccc(F)c23)cc1. The summed E-state index contributed by atoms with van der Waals surface area (Å²) in [5, 5.41) is -0.793. The first-order valence-electron chi connectivity index (χ1n) is 11.5. The average molecular weight is 512 g/mol. The largest absolute Gasteiger partial charge is 0.490 e. The molecule has 0 amide bonds. The summed E-state index contributed by atoms with van der Waals surface area (Å²) >= 11 is 0. The second-order valence-corrected chi connectivity index (χ2v) is 13.9. The number of hydrogen-bond acceptors (Lipinski definition) is 5. The normalized spacial score (nSPS) is 27.6. The molecule has 1 aliphatic carbocycles. The standard InChI is InChI=1S/C24H27F2NO5S2/c1-16-4-6-18(7-5-16)33(28,29)24-11-10-19(34(30,31)27-12-2-3-13-27)14-17(24)15-32-23-21(26)9-8-20(25)22(23)24/h4-9,17,19H,2-3,10-15H2,1H3/t17-,19+,24+/m1/s1. The van der Waals surface area contributed by atoms with Crippen molar-refractivity contribution in [1.29, 1.82) is 0 Å². The molecule has 0 aromatic heterocycles. The summed E-state index contributed by atoms with van der Waals surface area (Å²) in [6, 6.07) is 8.09. The number of aryl methyl sites for hydroxylation is 1. The van der Waals surface area contributed by atoms with Crippen molar-refractivity contribution in [1.82, 2.24) is 4.31 Å². The van der Waals surface area contributed by atoms with Crippen LogP contribution in [0.15, 0.2) is 41.3 Å². The van der Waals surface area contributed by atoms with E-state index in [1.54, 1.807) is 12.1 Å². The van der Waals surface area contributed by atoms with Crippen molar-refractivity contribution in [3.8, 4) is 5.75 Å². The molecule has 0 unspecified atom stereocenters. The van der Waals surface area contributed by atoms with E-state index in [1.165, 1.54) is 16.4 Å². The minimum absolute atomic E-state index is 0.000427. The molecule has 6 nitrogen and oxygen atoms in total. The molecule has 2 aromatic carbocycles. The number of nitrogens with zero attached hydrogens (tertiary/aromatic N) is 1. The third-order valence-corrected chi connectivity index (χ3v) is 12.6. The Balaban J connectivity index is 1.66. The summed E-state index contributed by atoms with van der Waals surface area (Å²) in [4.78, 5) is 0.000427. The Hall–Kier alpha value is -2.04. The molecule has 0 radical (unpaired) electrons. The molecule has 1 saturated heterocycles. The van der Waals surface area contributed by atoms with Crippen LogP contribution in [0.3, 0.4) is 0 Å². The van der Waals surface area contributed by atoms with Crippen molar-refractivity contribution in [2.45, 2.75) is 53.9 Å². The van der Waals surface area contributed by atoms with E-state index in [0.717, 1.165) is 30.5 Å². The zero-order valence-electron chi connectivity index (χ0n) is 18.8. The Kier molecular flexibility index (Phi) is 5.76. The highest BCUT2D eigenvalue weighted by Crippen LogP contribution is 2.57. The molecule has 2 heterocycles. The van der Waals surface area contributed by atoms with Gasteiger partial charge in [-0.1, -0.05) is 17.7 Å². The van der Waals surface area contributed by atoms with Crippen molar-refractivity contribution in [3.05, 3.63) is 59.2 Å². The first-order chi connectivity index (χ1) is 16.1. The number of rotatable bonds is 4. The fourth-order valence-electron chi connectivity index (χ4n) is 5.83. The lowest BCUT2D eigenvalue weighted by Gasteiger charge is -2.49. The van der Waals surface area contributed by atoms with E-state index in [4.69, 9.17) is 4.74 Å². The van der Waals surface area contributed by atoms with E-state index < -0.39 is 53.2 Å². The first-order valence-corrected chi connectivity index (χ1v) is 14.5. The van der Waals surface area contributed by atoms with Crippen molar-refractivity contribution < 1.29 is 30.4 Å². The summed E-state index contributed by atoms with van der Waals surface area (Å²) in [7, 11) is -7.87. The minimum Gasteiger partial charge on any atom is -0.490 e. The Bertz CT molecular complexity index is 1320. The lowest BCUT2D eigenvalue weighted by atomic mass is 9.73. The summed E-state index contributed by atoms with van der Waals surface area (Å²) in [5.74, 6) is -2.94. The zero-order valence-corrected chi connectivity index (χ0v) is 20.5. The molecule has 3 aliphatic rings. The van der Waals surface area contributed by atoms with Crippen LogP contribution in [0.1, 0.15) is 43.2 Å². The second kappa shape index (κ2) is 8.27. The maximum atomic E-state index is 15.3. The molecule has 0 N–H and O–H groups in total. The average Bonchev–Trinajstić information content (AvgIpc) is 3.37. The van der Waals surface area contributed by atoms with E-state index in [2.05, 4.69) is 0 Å². The van der Waals surface area contributed by atoms with Gasteiger partial charge in [-0.25, -0.2) is 29.9 Å². The Morgan fingerprint density at radius 3 is 2.29 bits per heavy atom. The fourth-order valence-corrected chi connectivity index (χ4v) is 10.3. The molecule has 1 saturated carbocycles. The summed E-state index contributed by atoms with van der Waals surface area (Å²) in [6.45, 7) is 2.53. The summed E-state index contributed by atoms with van der Waals surface area (Å²) in [6.07, 6.45) is 1.49. The molecule has 2 fully saturated rings. The minimum atomic E-state index is -4.24. The van der Waals surface area contributed by atoms with Crippen molar-refractivity contribution in [2.24, 2.45) is 5.92 Å². The maximum Gasteiger partial charge on any atom is 0.216 e. The molecule has 34 heavy (non-hydrogen) atoms. The quantitative estimate of drug-likeness (QED) is 0.622. The number of hydrogen-bond donors (Lipinski definition) is 0. The van der Waals surface area contributed by atoms with Crippen LogP contribution in [0.25, 0.3) is 0 Å².